The Labute approximate surface area is 144 Å². The predicted molar refractivity (Wildman–Crippen MR) is 86.5 cm³/mol. The first-order valence-corrected chi connectivity index (χ1v) is 8.28. The number of nitrogens with zero attached hydrogens (tertiary/aromatic N) is 1. The van der Waals surface area contributed by atoms with Gasteiger partial charge in [0.2, 0.25) is 0 Å². The van der Waals surface area contributed by atoms with Crippen LogP contribution in [-0.2, 0) is 9.47 Å². The lowest BCUT2D eigenvalue weighted by atomic mass is 9.96. The Bertz CT molecular complexity index is 712. The number of hydrogen-bond acceptors (Lipinski definition) is 4. The van der Waals surface area contributed by atoms with Crippen LogP contribution in [0.25, 0.3) is 0 Å². The fourth-order valence-electron chi connectivity index (χ4n) is 3.75. The second-order valence-corrected chi connectivity index (χ2v) is 6.47. The van der Waals surface area contributed by atoms with E-state index in [1.165, 1.54) is 12.1 Å². The molecule has 0 amide bonds. The number of hydrogen-bond donors (Lipinski definition) is 1. The van der Waals surface area contributed by atoms with E-state index in [1.54, 1.807) is 36.4 Å². The predicted octanol–water partition coefficient (Wildman–Crippen LogP) is 3.15. The second kappa shape index (κ2) is 6.46. The smallest absolute Gasteiger partial charge is 0.142 e. The summed E-state index contributed by atoms with van der Waals surface area (Å²) in [5.74, 6) is -0.766. The highest BCUT2D eigenvalue weighted by atomic mass is 19.1. The molecule has 1 unspecified atom stereocenters. The van der Waals surface area contributed by atoms with Crippen LogP contribution in [0.1, 0.15) is 30.0 Å². The average molecular weight is 347 g/mol. The first-order chi connectivity index (χ1) is 12.2. The molecule has 2 aliphatic heterocycles. The van der Waals surface area contributed by atoms with Gasteiger partial charge in [-0.25, -0.2) is 13.7 Å². The van der Waals surface area contributed by atoms with E-state index in [4.69, 9.17) is 9.47 Å². The molecule has 4 rings (SSSR count). The summed E-state index contributed by atoms with van der Waals surface area (Å²) in [5.41, 5.74) is 0.164. The Morgan fingerprint density at radius 3 is 1.84 bits per heavy atom. The summed E-state index contributed by atoms with van der Waals surface area (Å²) in [6.07, 6.45) is -0.983. The SMILES string of the molecule is OCCC12CO[C@H](c3ccccc3F)N1[C@H](c1ccccc1F)OC2. The molecule has 0 aliphatic carbocycles. The van der Waals surface area contributed by atoms with Gasteiger partial charge in [-0.1, -0.05) is 36.4 Å². The summed E-state index contributed by atoms with van der Waals surface area (Å²) in [4.78, 5) is 1.86. The zero-order valence-corrected chi connectivity index (χ0v) is 13.6. The molecule has 2 saturated heterocycles. The third kappa shape index (κ3) is 2.66. The van der Waals surface area contributed by atoms with Crippen molar-refractivity contribution in [1.29, 1.82) is 0 Å². The van der Waals surface area contributed by atoms with Gasteiger partial charge in [-0.2, -0.15) is 0 Å². The molecule has 25 heavy (non-hydrogen) atoms. The third-order valence-corrected chi connectivity index (χ3v) is 4.99. The number of fused-ring (bicyclic) bond motifs is 1. The van der Waals surface area contributed by atoms with Crippen molar-refractivity contribution in [2.75, 3.05) is 19.8 Å². The number of aliphatic hydroxyl groups is 1. The van der Waals surface area contributed by atoms with Gasteiger partial charge >= 0.3 is 0 Å². The average Bonchev–Trinajstić information content (AvgIpc) is 3.14. The van der Waals surface area contributed by atoms with E-state index < -0.39 is 18.0 Å². The van der Waals surface area contributed by atoms with Crippen molar-refractivity contribution in [2.24, 2.45) is 0 Å². The van der Waals surface area contributed by atoms with Crippen LogP contribution in [0.5, 0.6) is 0 Å². The topological polar surface area (TPSA) is 41.9 Å². The first kappa shape index (κ1) is 16.6. The van der Waals surface area contributed by atoms with E-state index in [2.05, 4.69) is 0 Å². The minimum absolute atomic E-state index is 0.0583. The fourth-order valence-corrected chi connectivity index (χ4v) is 3.75. The number of halogens is 2. The van der Waals surface area contributed by atoms with Crippen LogP contribution in [0, 0.1) is 11.6 Å². The molecule has 1 N–H and O–H groups in total. The number of aliphatic hydroxyl groups excluding tert-OH is 1. The molecule has 0 aromatic heterocycles. The Morgan fingerprint density at radius 2 is 1.40 bits per heavy atom. The van der Waals surface area contributed by atoms with Gasteiger partial charge in [0.25, 0.3) is 0 Å². The zero-order chi connectivity index (χ0) is 17.4. The first-order valence-electron chi connectivity index (χ1n) is 8.28. The minimum atomic E-state index is -0.695. The van der Waals surface area contributed by atoms with E-state index in [1.807, 2.05) is 4.90 Å². The van der Waals surface area contributed by atoms with Crippen LogP contribution in [-0.4, -0.2) is 35.4 Å². The van der Waals surface area contributed by atoms with Gasteiger partial charge in [0.1, 0.15) is 24.1 Å². The molecule has 2 fully saturated rings. The van der Waals surface area contributed by atoms with Gasteiger partial charge in [-0.15, -0.1) is 0 Å². The van der Waals surface area contributed by atoms with Gasteiger partial charge in [0.15, 0.2) is 0 Å². The molecule has 0 bridgehead atoms. The molecular formula is C19H19F2NO3. The van der Waals surface area contributed by atoms with E-state index in [0.717, 1.165) is 0 Å². The summed E-state index contributed by atoms with van der Waals surface area (Å²) < 4.78 is 40.5. The maximum absolute atomic E-state index is 14.3. The lowest BCUT2D eigenvalue weighted by molar-refractivity contribution is -0.0650. The van der Waals surface area contributed by atoms with Gasteiger partial charge in [-0.3, -0.25) is 0 Å². The molecule has 4 nitrogen and oxygen atoms in total. The number of ether oxygens (including phenoxy) is 2. The molecule has 0 saturated carbocycles. The van der Waals surface area contributed by atoms with E-state index in [9.17, 15) is 13.9 Å². The molecule has 2 heterocycles. The molecule has 132 valence electrons. The maximum Gasteiger partial charge on any atom is 0.142 e. The summed E-state index contributed by atoms with van der Waals surface area (Å²) in [7, 11) is 0. The highest BCUT2D eigenvalue weighted by Crippen LogP contribution is 2.50. The molecule has 2 aromatic carbocycles. The third-order valence-electron chi connectivity index (χ3n) is 4.99. The second-order valence-electron chi connectivity index (χ2n) is 6.47. The molecule has 2 aliphatic rings. The lowest BCUT2D eigenvalue weighted by Crippen LogP contribution is -2.45. The van der Waals surface area contributed by atoms with Gasteiger partial charge in [-0.05, 0) is 18.6 Å². The fraction of sp³-hybridized carbons (Fsp3) is 0.368. The van der Waals surface area contributed by atoms with E-state index in [-0.39, 0.29) is 31.5 Å². The van der Waals surface area contributed by atoms with Crippen LogP contribution in [0.2, 0.25) is 0 Å². The lowest BCUT2D eigenvalue weighted by Gasteiger charge is -2.34. The van der Waals surface area contributed by atoms with Crippen molar-refractivity contribution in [1.82, 2.24) is 4.90 Å². The Balaban J connectivity index is 1.78. The monoisotopic (exact) mass is 347 g/mol. The number of benzene rings is 2. The van der Waals surface area contributed by atoms with Crippen LogP contribution in [0.4, 0.5) is 8.78 Å². The van der Waals surface area contributed by atoms with E-state index in [0.29, 0.717) is 17.5 Å². The van der Waals surface area contributed by atoms with Gasteiger partial charge < -0.3 is 14.6 Å². The molecule has 0 spiro atoms. The van der Waals surface area contributed by atoms with Crippen LogP contribution in [0.15, 0.2) is 48.5 Å². The molecule has 2 aromatic rings. The van der Waals surface area contributed by atoms with Crippen molar-refractivity contribution < 1.29 is 23.4 Å². The Kier molecular flexibility index (Phi) is 4.29. The number of rotatable bonds is 4. The normalized spacial score (nSPS) is 29.1. The molecule has 0 radical (unpaired) electrons. The van der Waals surface area contributed by atoms with Crippen molar-refractivity contribution >= 4 is 0 Å². The standard InChI is InChI=1S/C19H19F2NO3/c20-15-7-3-1-5-13(15)17-22-18(14-6-2-4-8-16(14)21)25-12-19(22,9-10-23)11-24-17/h1-8,17-18,23H,9-12H2/t17-,18+,19?. The van der Waals surface area contributed by atoms with Gasteiger partial charge in [0, 0.05) is 17.7 Å². The Morgan fingerprint density at radius 1 is 0.920 bits per heavy atom. The summed E-state index contributed by atoms with van der Waals surface area (Å²) in [6.45, 7) is 0.520. The van der Waals surface area contributed by atoms with E-state index >= 15 is 0 Å². The highest BCUT2D eigenvalue weighted by Gasteiger charge is 2.57. The maximum atomic E-state index is 14.3. The quantitative estimate of drug-likeness (QED) is 0.923. The molecule has 6 heteroatoms. The van der Waals surface area contributed by atoms with Crippen molar-refractivity contribution in [3.8, 4) is 0 Å². The summed E-state index contributed by atoms with van der Waals surface area (Å²) in [5, 5.41) is 9.51. The van der Waals surface area contributed by atoms with Crippen LogP contribution in [0.3, 0.4) is 0 Å². The summed E-state index contributed by atoms with van der Waals surface area (Å²) in [6, 6.07) is 12.8. The zero-order valence-electron chi connectivity index (χ0n) is 13.6. The van der Waals surface area contributed by atoms with Gasteiger partial charge in [0.05, 0.1) is 18.8 Å². The Hall–Kier alpha value is -1.86. The van der Waals surface area contributed by atoms with Crippen LogP contribution < -0.4 is 0 Å². The van der Waals surface area contributed by atoms with Crippen LogP contribution >= 0.6 is 0 Å². The largest absolute Gasteiger partial charge is 0.396 e. The highest BCUT2D eigenvalue weighted by molar-refractivity contribution is 5.26. The molecule has 3 atom stereocenters. The van der Waals surface area contributed by atoms with Crippen molar-refractivity contribution in [3.63, 3.8) is 0 Å². The van der Waals surface area contributed by atoms with Crippen molar-refractivity contribution in [3.05, 3.63) is 71.3 Å². The minimum Gasteiger partial charge on any atom is -0.396 e. The molecular weight excluding hydrogens is 328 g/mol. The van der Waals surface area contributed by atoms with Crippen molar-refractivity contribution in [2.45, 2.75) is 24.4 Å². The summed E-state index contributed by atoms with van der Waals surface area (Å²) >= 11 is 0.